The quantitative estimate of drug-likeness (QED) is 0.889. The second-order valence-corrected chi connectivity index (χ2v) is 4.52. The van der Waals surface area contributed by atoms with Crippen LogP contribution < -0.4 is 5.32 Å². The fourth-order valence-corrected chi connectivity index (χ4v) is 1.74. The van der Waals surface area contributed by atoms with Gasteiger partial charge in [0.25, 0.3) is 5.91 Å². The summed E-state index contributed by atoms with van der Waals surface area (Å²) in [4.78, 5) is 16.1. The molecule has 100 valence electrons. The van der Waals surface area contributed by atoms with Crippen molar-refractivity contribution in [3.05, 3.63) is 47.2 Å². The molecule has 1 aromatic carbocycles. The number of rotatable bonds is 3. The van der Waals surface area contributed by atoms with Gasteiger partial charge in [-0.1, -0.05) is 11.6 Å². The number of aromatic hydroxyl groups is 1. The van der Waals surface area contributed by atoms with Crippen LogP contribution in [0.25, 0.3) is 0 Å². The van der Waals surface area contributed by atoms with Crippen LogP contribution in [0.3, 0.4) is 0 Å². The number of aryl methyl sites for hydroxylation is 2. The van der Waals surface area contributed by atoms with Gasteiger partial charge in [0.2, 0.25) is 5.89 Å². The minimum absolute atomic E-state index is 0.0427. The zero-order valence-electron chi connectivity index (χ0n) is 11.1. The van der Waals surface area contributed by atoms with E-state index in [1.807, 2.05) is 6.92 Å². The van der Waals surface area contributed by atoms with Crippen LogP contribution >= 0.6 is 0 Å². The van der Waals surface area contributed by atoms with Crippen molar-refractivity contribution in [2.45, 2.75) is 26.8 Å². The molecule has 1 unspecified atom stereocenters. The minimum atomic E-state index is -0.360. The number of benzene rings is 1. The number of phenols is 1. The maximum Gasteiger partial charge on any atom is 0.255 e. The van der Waals surface area contributed by atoms with Crippen LogP contribution in [-0.2, 0) is 0 Å². The number of nitrogens with one attached hydrogen (secondary N) is 1. The van der Waals surface area contributed by atoms with Gasteiger partial charge in [-0.05, 0) is 32.9 Å². The van der Waals surface area contributed by atoms with E-state index in [1.165, 1.54) is 6.07 Å². The number of carbonyl (C=O) groups is 1. The van der Waals surface area contributed by atoms with E-state index in [2.05, 4.69) is 10.3 Å². The van der Waals surface area contributed by atoms with Crippen molar-refractivity contribution in [1.29, 1.82) is 0 Å². The lowest BCUT2D eigenvalue weighted by atomic mass is 10.1. The SMILES string of the molecule is Cc1ccc(O)c(C(=O)NC(C)c2ncc(C)o2)c1. The number of hydrogen-bond acceptors (Lipinski definition) is 4. The normalized spacial score (nSPS) is 12.2. The highest BCUT2D eigenvalue weighted by atomic mass is 16.4. The molecule has 5 nitrogen and oxygen atoms in total. The van der Waals surface area contributed by atoms with Crippen LogP contribution in [0, 0.1) is 13.8 Å². The van der Waals surface area contributed by atoms with Crippen molar-refractivity contribution in [2.75, 3.05) is 0 Å². The third-order valence-corrected chi connectivity index (χ3v) is 2.75. The zero-order chi connectivity index (χ0) is 14.0. The van der Waals surface area contributed by atoms with Crippen molar-refractivity contribution >= 4 is 5.91 Å². The fraction of sp³-hybridized carbons (Fsp3) is 0.286. The van der Waals surface area contributed by atoms with Gasteiger partial charge in [-0.3, -0.25) is 4.79 Å². The number of carbonyl (C=O) groups excluding carboxylic acids is 1. The van der Waals surface area contributed by atoms with Gasteiger partial charge in [-0.2, -0.15) is 0 Å². The molecule has 1 amide bonds. The monoisotopic (exact) mass is 260 g/mol. The average Bonchev–Trinajstić information content (AvgIpc) is 2.79. The van der Waals surface area contributed by atoms with E-state index in [-0.39, 0.29) is 23.3 Å². The first kappa shape index (κ1) is 13.1. The topological polar surface area (TPSA) is 75.4 Å². The molecule has 2 N–H and O–H groups in total. The number of oxazole rings is 1. The number of nitrogens with zero attached hydrogens (tertiary/aromatic N) is 1. The highest BCUT2D eigenvalue weighted by Crippen LogP contribution is 2.19. The van der Waals surface area contributed by atoms with Crippen molar-refractivity contribution in [1.82, 2.24) is 10.3 Å². The molecule has 0 bridgehead atoms. The maximum atomic E-state index is 12.1. The summed E-state index contributed by atoms with van der Waals surface area (Å²) in [5, 5.41) is 12.4. The summed E-state index contributed by atoms with van der Waals surface area (Å²) in [6.07, 6.45) is 1.60. The Hall–Kier alpha value is -2.30. The molecule has 1 heterocycles. The molecule has 0 saturated heterocycles. The van der Waals surface area contributed by atoms with Crippen LogP contribution in [0.4, 0.5) is 0 Å². The largest absolute Gasteiger partial charge is 0.507 e. The molecule has 0 radical (unpaired) electrons. The fourth-order valence-electron chi connectivity index (χ4n) is 1.74. The maximum absolute atomic E-state index is 12.1. The number of hydrogen-bond donors (Lipinski definition) is 2. The Kier molecular flexibility index (Phi) is 3.55. The first-order chi connectivity index (χ1) is 8.97. The van der Waals surface area contributed by atoms with E-state index in [0.717, 1.165) is 5.56 Å². The van der Waals surface area contributed by atoms with Gasteiger partial charge in [0.1, 0.15) is 17.6 Å². The van der Waals surface area contributed by atoms with Gasteiger partial charge in [-0.15, -0.1) is 0 Å². The van der Waals surface area contributed by atoms with Crippen LogP contribution in [0.5, 0.6) is 5.75 Å². The molecule has 1 atom stereocenters. The van der Waals surface area contributed by atoms with Gasteiger partial charge in [0, 0.05) is 0 Å². The predicted molar refractivity (Wildman–Crippen MR) is 70.0 cm³/mol. The first-order valence-electron chi connectivity index (χ1n) is 6.00. The third kappa shape index (κ3) is 2.93. The molecule has 5 heteroatoms. The van der Waals surface area contributed by atoms with Crippen molar-refractivity contribution in [3.8, 4) is 5.75 Å². The van der Waals surface area contributed by atoms with E-state index >= 15 is 0 Å². The lowest BCUT2D eigenvalue weighted by Gasteiger charge is -2.11. The van der Waals surface area contributed by atoms with Crippen LogP contribution in [0.15, 0.2) is 28.8 Å². The van der Waals surface area contributed by atoms with E-state index in [4.69, 9.17) is 4.42 Å². The van der Waals surface area contributed by atoms with Crippen LogP contribution in [0.1, 0.15) is 40.5 Å². The minimum Gasteiger partial charge on any atom is -0.507 e. The zero-order valence-corrected chi connectivity index (χ0v) is 11.1. The molecular weight excluding hydrogens is 244 g/mol. The molecule has 2 aromatic rings. The van der Waals surface area contributed by atoms with Crippen LogP contribution in [-0.4, -0.2) is 16.0 Å². The molecule has 0 aliphatic rings. The summed E-state index contributed by atoms with van der Waals surface area (Å²) in [5.41, 5.74) is 1.15. The van der Waals surface area contributed by atoms with Crippen LogP contribution in [0.2, 0.25) is 0 Å². The second-order valence-electron chi connectivity index (χ2n) is 4.52. The second kappa shape index (κ2) is 5.14. The van der Waals surface area contributed by atoms with Gasteiger partial charge in [0.05, 0.1) is 11.8 Å². The Bertz CT molecular complexity index is 604. The van der Waals surface area contributed by atoms with Crippen molar-refractivity contribution in [2.24, 2.45) is 0 Å². The average molecular weight is 260 g/mol. The Morgan fingerprint density at radius 3 is 2.79 bits per heavy atom. The Balaban J connectivity index is 2.15. The van der Waals surface area contributed by atoms with E-state index in [1.54, 1.807) is 32.2 Å². The van der Waals surface area contributed by atoms with Crippen molar-refractivity contribution < 1.29 is 14.3 Å². The summed E-state index contributed by atoms with van der Waals surface area (Å²) in [6.45, 7) is 5.42. The van der Waals surface area contributed by atoms with Gasteiger partial charge in [-0.25, -0.2) is 4.98 Å². The van der Waals surface area contributed by atoms with Gasteiger partial charge < -0.3 is 14.8 Å². The lowest BCUT2D eigenvalue weighted by Crippen LogP contribution is -2.27. The highest BCUT2D eigenvalue weighted by molar-refractivity contribution is 5.97. The summed E-state index contributed by atoms with van der Waals surface area (Å²) < 4.78 is 5.35. The summed E-state index contributed by atoms with van der Waals surface area (Å²) in [5.74, 6) is 0.732. The number of amides is 1. The molecule has 0 aliphatic heterocycles. The summed E-state index contributed by atoms with van der Waals surface area (Å²) >= 11 is 0. The standard InChI is InChI=1S/C14H16N2O3/c1-8-4-5-12(17)11(6-8)13(18)16-10(3)14-15-7-9(2)19-14/h4-7,10,17H,1-3H3,(H,16,18). The molecule has 0 saturated carbocycles. The smallest absolute Gasteiger partial charge is 0.255 e. The molecule has 1 aromatic heterocycles. The molecular formula is C14H16N2O3. The molecule has 0 fully saturated rings. The molecule has 0 spiro atoms. The summed E-state index contributed by atoms with van der Waals surface area (Å²) in [7, 11) is 0. The number of phenolic OH excluding ortho intramolecular Hbond substituents is 1. The number of aromatic nitrogens is 1. The molecule has 2 rings (SSSR count). The Morgan fingerprint density at radius 1 is 1.42 bits per heavy atom. The van der Waals surface area contributed by atoms with E-state index < -0.39 is 0 Å². The highest BCUT2D eigenvalue weighted by Gasteiger charge is 2.17. The van der Waals surface area contributed by atoms with E-state index in [9.17, 15) is 9.90 Å². The molecule has 19 heavy (non-hydrogen) atoms. The first-order valence-corrected chi connectivity index (χ1v) is 6.00. The Morgan fingerprint density at radius 2 is 2.16 bits per heavy atom. The molecule has 0 aliphatic carbocycles. The van der Waals surface area contributed by atoms with Gasteiger partial charge >= 0.3 is 0 Å². The van der Waals surface area contributed by atoms with Gasteiger partial charge in [0.15, 0.2) is 0 Å². The predicted octanol–water partition coefficient (Wildman–Crippen LogP) is 2.49. The van der Waals surface area contributed by atoms with Crippen molar-refractivity contribution in [3.63, 3.8) is 0 Å². The Labute approximate surface area is 111 Å². The third-order valence-electron chi connectivity index (χ3n) is 2.75. The lowest BCUT2D eigenvalue weighted by molar-refractivity contribution is 0.0931. The van der Waals surface area contributed by atoms with E-state index in [0.29, 0.717) is 11.7 Å². The summed E-state index contributed by atoms with van der Waals surface area (Å²) in [6, 6.07) is 4.52.